The van der Waals surface area contributed by atoms with Crippen LogP contribution in [0.25, 0.3) is 0 Å². The van der Waals surface area contributed by atoms with Crippen LogP contribution in [0.5, 0.6) is 0 Å². The van der Waals surface area contributed by atoms with Crippen LogP contribution in [-0.2, 0) is 14.8 Å². The number of carbonyl (C=O) groups is 1. The molecule has 6 nitrogen and oxygen atoms in total. The summed E-state index contributed by atoms with van der Waals surface area (Å²) in [5, 5.41) is 3.15. The average molecular weight is 388 g/mol. The molecule has 7 heteroatoms. The fraction of sp³-hybridized carbons (Fsp3) is 0.400. The summed E-state index contributed by atoms with van der Waals surface area (Å²) in [5.74, 6) is -0.113. The second-order valence-corrected chi connectivity index (χ2v) is 8.96. The normalized spacial score (nSPS) is 17.4. The highest BCUT2D eigenvalue weighted by Crippen LogP contribution is 2.25. The Morgan fingerprint density at radius 3 is 2.30 bits per heavy atom. The molecule has 0 spiro atoms. The molecule has 1 aromatic heterocycles. The van der Waals surface area contributed by atoms with E-state index in [-0.39, 0.29) is 23.6 Å². The Balaban J connectivity index is 1.71. The van der Waals surface area contributed by atoms with Crippen molar-refractivity contribution in [1.29, 1.82) is 0 Å². The molecule has 1 aromatic carbocycles. The van der Waals surface area contributed by atoms with E-state index in [0.29, 0.717) is 25.9 Å². The van der Waals surface area contributed by atoms with Crippen molar-refractivity contribution in [3.05, 3.63) is 66.0 Å². The molecule has 1 saturated heterocycles. The predicted octanol–water partition coefficient (Wildman–Crippen LogP) is 2.35. The molecule has 0 aliphatic carbocycles. The monoisotopic (exact) mass is 387 g/mol. The van der Waals surface area contributed by atoms with Crippen LogP contribution >= 0.6 is 0 Å². The Labute approximate surface area is 160 Å². The zero-order valence-corrected chi connectivity index (χ0v) is 16.2. The molecule has 1 amide bonds. The zero-order chi connectivity index (χ0) is 19.3. The van der Waals surface area contributed by atoms with Gasteiger partial charge in [0.25, 0.3) is 0 Å². The predicted molar refractivity (Wildman–Crippen MR) is 104 cm³/mol. The summed E-state index contributed by atoms with van der Waals surface area (Å²) >= 11 is 0. The van der Waals surface area contributed by atoms with Crippen molar-refractivity contribution >= 4 is 15.9 Å². The maximum atomic E-state index is 12.9. The lowest BCUT2D eigenvalue weighted by Crippen LogP contribution is -2.44. The number of rotatable bonds is 6. The summed E-state index contributed by atoms with van der Waals surface area (Å²) in [5.41, 5.74) is 1.97. The number of amides is 1. The first-order valence-electron chi connectivity index (χ1n) is 9.24. The molecule has 2 aromatic rings. The molecule has 2 heterocycles. The van der Waals surface area contributed by atoms with E-state index in [1.54, 1.807) is 19.3 Å². The number of aromatic nitrogens is 1. The van der Waals surface area contributed by atoms with Crippen LogP contribution in [0, 0.1) is 5.92 Å². The minimum atomic E-state index is -3.18. The van der Waals surface area contributed by atoms with Crippen molar-refractivity contribution in [3.63, 3.8) is 0 Å². The number of nitrogens with one attached hydrogen (secondary N) is 1. The van der Waals surface area contributed by atoms with Gasteiger partial charge in [0.2, 0.25) is 15.9 Å². The van der Waals surface area contributed by atoms with Gasteiger partial charge in [0.1, 0.15) is 0 Å². The van der Waals surface area contributed by atoms with E-state index in [0.717, 1.165) is 11.1 Å². The second kappa shape index (κ2) is 8.63. The highest BCUT2D eigenvalue weighted by molar-refractivity contribution is 7.89. The molecular formula is C20H25N3O3S. The van der Waals surface area contributed by atoms with Crippen LogP contribution < -0.4 is 5.32 Å². The van der Waals surface area contributed by atoms with Gasteiger partial charge >= 0.3 is 0 Å². The molecule has 1 aliphatic heterocycles. The van der Waals surface area contributed by atoms with Crippen molar-refractivity contribution < 1.29 is 13.2 Å². The molecule has 0 bridgehead atoms. The standard InChI is InChI=1S/C20H25N3O3S/c1-2-27(25,26)23-14-10-18(11-15-23)20(24)22-19(16-6-4-3-5-7-16)17-8-12-21-13-9-17/h3-9,12-13,18-19H,2,10-11,14-15H2,1H3,(H,22,24). The minimum Gasteiger partial charge on any atom is -0.345 e. The van der Waals surface area contributed by atoms with Gasteiger partial charge in [0.05, 0.1) is 11.8 Å². The van der Waals surface area contributed by atoms with Crippen molar-refractivity contribution in [2.45, 2.75) is 25.8 Å². The summed E-state index contributed by atoms with van der Waals surface area (Å²) in [7, 11) is -3.18. The lowest BCUT2D eigenvalue weighted by Gasteiger charge is -2.31. The Hall–Kier alpha value is -2.25. The Morgan fingerprint density at radius 2 is 1.70 bits per heavy atom. The SMILES string of the molecule is CCS(=O)(=O)N1CCC(C(=O)NC(c2ccccc2)c2ccncc2)CC1. The Bertz CT molecular complexity index is 809. The lowest BCUT2D eigenvalue weighted by molar-refractivity contribution is -0.126. The fourth-order valence-corrected chi connectivity index (χ4v) is 4.53. The van der Waals surface area contributed by atoms with E-state index < -0.39 is 10.0 Å². The van der Waals surface area contributed by atoms with Gasteiger partial charge in [0.15, 0.2) is 0 Å². The Kier molecular flexibility index (Phi) is 6.23. The maximum absolute atomic E-state index is 12.9. The van der Waals surface area contributed by atoms with E-state index in [9.17, 15) is 13.2 Å². The number of hydrogen-bond donors (Lipinski definition) is 1. The van der Waals surface area contributed by atoms with E-state index in [1.165, 1.54) is 4.31 Å². The molecule has 1 fully saturated rings. The van der Waals surface area contributed by atoms with Crippen molar-refractivity contribution in [1.82, 2.24) is 14.6 Å². The number of nitrogens with zero attached hydrogens (tertiary/aromatic N) is 2. The topological polar surface area (TPSA) is 79.4 Å². The smallest absolute Gasteiger partial charge is 0.223 e. The first-order chi connectivity index (χ1) is 13.0. The number of carbonyl (C=O) groups excluding carboxylic acids is 1. The van der Waals surface area contributed by atoms with E-state index in [1.807, 2.05) is 42.5 Å². The summed E-state index contributed by atoms with van der Waals surface area (Å²) < 4.78 is 25.5. The van der Waals surface area contributed by atoms with Crippen LogP contribution in [0.4, 0.5) is 0 Å². The number of hydrogen-bond acceptors (Lipinski definition) is 4. The molecule has 144 valence electrons. The first-order valence-corrected chi connectivity index (χ1v) is 10.8. The highest BCUT2D eigenvalue weighted by atomic mass is 32.2. The number of pyridine rings is 1. The lowest BCUT2D eigenvalue weighted by atomic mass is 9.94. The van der Waals surface area contributed by atoms with Gasteiger partial charge in [-0.1, -0.05) is 30.3 Å². The maximum Gasteiger partial charge on any atom is 0.223 e. The molecule has 0 saturated carbocycles. The number of sulfonamides is 1. The average Bonchev–Trinajstić information content (AvgIpc) is 2.73. The van der Waals surface area contributed by atoms with E-state index >= 15 is 0 Å². The van der Waals surface area contributed by atoms with Crippen LogP contribution in [-0.4, -0.2) is 42.5 Å². The quantitative estimate of drug-likeness (QED) is 0.825. The molecule has 1 atom stereocenters. The molecule has 0 radical (unpaired) electrons. The van der Waals surface area contributed by atoms with Crippen molar-refractivity contribution in [2.75, 3.05) is 18.8 Å². The third-order valence-corrected chi connectivity index (χ3v) is 6.92. The molecule has 3 rings (SSSR count). The second-order valence-electron chi connectivity index (χ2n) is 6.71. The van der Waals surface area contributed by atoms with Crippen LogP contribution in [0.2, 0.25) is 0 Å². The van der Waals surface area contributed by atoms with Crippen molar-refractivity contribution in [3.8, 4) is 0 Å². The molecule has 27 heavy (non-hydrogen) atoms. The largest absolute Gasteiger partial charge is 0.345 e. The highest BCUT2D eigenvalue weighted by Gasteiger charge is 2.31. The van der Waals surface area contributed by atoms with Gasteiger partial charge in [-0.2, -0.15) is 0 Å². The number of benzene rings is 1. The zero-order valence-electron chi connectivity index (χ0n) is 15.4. The van der Waals surface area contributed by atoms with Gasteiger partial charge in [0, 0.05) is 31.4 Å². The summed E-state index contributed by atoms with van der Waals surface area (Å²) in [6, 6.07) is 13.4. The van der Waals surface area contributed by atoms with Crippen LogP contribution in [0.15, 0.2) is 54.9 Å². The molecule has 1 unspecified atom stereocenters. The minimum absolute atomic E-state index is 0.0331. The van der Waals surface area contributed by atoms with Crippen molar-refractivity contribution in [2.24, 2.45) is 5.92 Å². The third-order valence-electron chi connectivity index (χ3n) is 5.04. The van der Waals surface area contributed by atoms with E-state index in [4.69, 9.17) is 0 Å². The van der Waals surface area contributed by atoms with Gasteiger partial charge in [-0.15, -0.1) is 0 Å². The van der Waals surface area contributed by atoms with Gasteiger partial charge < -0.3 is 5.32 Å². The Morgan fingerprint density at radius 1 is 1.11 bits per heavy atom. The van der Waals surface area contributed by atoms with Gasteiger partial charge in [-0.3, -0.25) is 9.78 Å². The van der Waals surface area contributed by atoms with E-state index in [2.05, 4.69) is 10.3 Å². The molecule has 1 aliphatic rings. The summed E-state index contributed by atoms with van der Waals surface area (Å²) in [4.78, 5) is 16.9. The van der Waals surface area contributed by atoms with Crippen LogP contribution in [0.3, 0.4) is 0 Å². The fourth-order valence-electron chi connectivity index (χ4n) is 3.40. The molecular weight excluding hydrogens is 362 g/mol. The number of piperidine rings is 1. The first kappa shape index (κ1) is 19.5. The molecule has 1 N–H and O–H groups in total. The van der Waals surface area contributed by atoms with Crippen LogP contribution in [0.1, 0.15) is 36.9 Å². The summed E-state index contributed by atoms with van der Waals surface area (Å²) in [6.45, 7) is 2.45. The summed E-state index contributed by atoms with van der Waals surface area (Å²) in [6.07, 6.45) is 4.52. The van der Waals surface area contributed by atoms with Gasteiger partial charge in [-0.25, -0.2) is 12.7 Å². The third kappa shape index (κ3) is 4.73. The van der Waals surface area contributed by atoms with Gasteiger partial charge in [-0.05, 0) is 43.0 Å².